The van der Waals surface area contributed by atoms with Crippen LogP contribution < -0.4 is 47.9 Å². The first-order valence-electron chi connectivity index (χ1n) is 45.9. The van der Waals surface area contributed by atoms with Crippen LogP contribution in [0.25, 0.3) is 0 Å². The van der Waals surface area contributed by atoms with Crippen molar-refractivity contribution in [3.63, 3.8) is 0 Å². The fraction of sp³-hybridized carbons (Fsp3) is 0.642. The molecule has 5 heterocycles. The van der Waals surface area contributed by atoms with E-state index in [1.54, 1.807) is 82.9 Å². The number of aliphatic hydroxyl groups excluding tert-OH is 3. The van der Waals surface area contributed by atoms with E-state index in [-0.39, 0.29) is 104 Å². The zero-order valence-electron chi connectivity index (χ0n) is 74.0. The molecule has 3 saturated heterocycles. The third-order valence-corrected chi connectivity index (χ3v) is 31.1. The number of aliphatic imine (C=N–C) groups is 1. The Labute approximate surface area is 744 Å². The van der Waals surface area contributed by atoms with Gasteiger partial charge in [-0.2, -0.15) is 0 Å². The second kappa shape index (κ2) is 44.4. The number of rotatable bonds is 28. The maximum Gasteiger partial charge on any atom is 0.407 e. The number of nitrogens with zero attached hydrogens (tertiary/aromatic N) is 4. The van der Waals surface area contributed by atoms with Gasteiger partial charge in [0.25, 0.3) is 5.91 Å². The standard InChI is InChI=1S/C95H135N13O15S2/c1-57(2)23-19-24-58(3)69-37-38-70-68-36-35-65-50-66(39-41-94(65,6)71(68)40-42-95(69,70)7)123-93(122)96-43-18-17-32-73-84(113)105-83(60(5)111)90(119)104-79(88(117)102-77(54-109)59(4)110)56-125-124-55-78(87(116)100-75(47-61-25-11-9-12-26-61)85(114)99-74(82(112)52-98-73)49-64-51-97-72-31-16-15-30-67(64)72)103-86(115)76(48-62-27-13-10-14-28-62)101-89(118)80-33-21-45-107(80)92(121)81-34-22-46-108(81)91(120)63-29-20-44-106(8)53-63/h9-16,20,25-28,30-31,35,44,51,53,57-60,64,66-81,83,98,109-111H,17-19,21-24,29,32-34,36-43,45-50,52,54-56H2,1-8H3,(H,96,122)(H,99,114)(H,100,116)(H,101,118)(H,102,117)(H,103,115)(H,104,119)(H,105,113)/t58?,59?,60?,64?,66-,67?,68?,69?,70?,71?,72?,73?,74?,75?,76?,77?,78?,79?,80?,81?,83?,94?,95?/m0/s1. The minimum absolute atomic E-state index is 0.0213. The molecule has 0 bridgehead atoms. The Morgan fingerprint density at radius 2 is 1.43 bits per heavy atom. The van der Waals surface area contributed by atoms with Crippen LogP contribution in [0.2, 0.25) is 0 Å². The monoisotopic (exact) mass is 1760 g/mol. The fourth-order valence-electron chi connectivity index (χ4n) is 21.6. The van der Waals surface area contributed by atoms with Crippen molar-refractivity contribution in [2.75, 3.05) is 51.3 Å². The van der Waals surface area contributed by atoms with Gasteiger partial charge in [0.2, 0.25) is 47.3 Å². The summed E-state index contributed by atoms with van der Waals surface area (Å²) in [6, 6.07) is 4.14. The van der Waals surface area contributed by atoms with Gasteiger partial charge in [-0.3, -0.25) is 58.3 Å². The summed E-state index contributed by atoms with van der Waals surface area (Å²) in [5.74, 6) is -4.03. The van der Waals surface area contributed by atoms with Gasteiger partial charge in [-0.1, -0.05) is 178 Å². The lowest BCUT2D eigenvalue weighted by Crippen LogP contribution is -2.61. The van der Waals surface area contributed by atoms with E-state index >= 15 is 24.0 Å². The molecule has 682 valence electrons. The molecule has 5 aliphatic heterocycles. The molecule has 3 saturated carbocycles. The van der Waals surface area contributed by atoms with E-state index in [2.05, 4.69) is 88.5 Å². The average Bonchev–Trinajstić information content (AvgIpc) is 1.64. The quantitative estimate of drug-likeness (QED) is 0.0220. The van der Waals surface area contributed by atoms with E-state index in [9.17, 15) is 44.1 Å². The normalized spacial score (nSPS) is 31.6. The van der Waals surface area contributed by atoms with Crippen molar-refractivity contribution in [3.05, 3.63) is 132 Å². The molecule has 2 aromatic carbocycles. The Morgan fingerprint density at radius 3 is 2.16 bits per heavy atom. The number of carbonyl (C=O) groups is 11. The van der Waals surface area contributed by atoms with Crippen LogP contribution in [0.15, 0.2) is 126 Å². The van der Waals surface area contributed by atoms with Crippen LogP contribution in [-0.2, 0) is 65.5 Å². The average molecular weight is 1760 g/mol. The molecule has 12 N–H and O–H groups in total. The Morgan fingerprint density at radius 1 is 0.720 bits per heavy atom. The number of aliphatic hydroxyl groups is 3. The molecule has 12 rings (SSSR count). The number of likely N-dealkylation sites (tertiary alicyclic amines) is 2. The number of Topliss-reactive ketones (excluding diaryl/α,β-unsaturated/α-hetero) is 1. The number of benzene rings is 2. The Bertz CT molecular complexity index is 4320. The molecule has 5 aliphatic carbocycles. The van der Waals surface area contributed by atoms with Crippen LogP contribution in [0.3, 0.4) is 0 Å². The summed E-state index contributed by atoms with van der Waals surface area (Å²) in [7, 11) is 3.76. The third-order valence-electron chi connectivity index (χ3n) is 28.6. The van der Waals surface area contributed by atoms with Crippen molar-refractivity contribution in [1.82, 2.24) is 62.6 Å². The third kappa shape index (κ3) is 24.2. The molecule has 28 nitrogen and oxygen atoms in total. The second-order valence-electron chi connectivity index (χ2n) is 37.7. The first-order chi connectivity index (χ1) is 60.0. The van der Waals surface area contributed by atoms with E-state index in [4.69, 9.17) is 9.73 Å². The van der Waals surface area contributed by atoms with E-state index in [0.29, 0.717) is 79.0 Å². The molecule has 0 spiro atoms. The topological polar surface area (TPSA) is 388 Å². The maximum absolute atomic E-state index is 15.6. The van der Waals surface area contributed by atoms with Gasteiger partial charge in [0, 0.05) is 87.3 Å². The van der Waals surface area contributed by atoms with Crippen molar-refractivity contribution >= 4 is 92.8 Å². The molecule has 6 fully saturated rings. The molecular formula is C95H135N13O15S2. The van der Waals surface area contributed by atoms with Crippen LogP contribution in [0.4, 0.5) is 4.79 Å². The van der Waals surface area contributed by atoms with Crippen LogP contribution >= 0.6 is 21.6 Å². The lowest BCUT2D eigenvalue weighted by Gasteiger charge is -2.58. The van der Waals surface area contributed by atoms with Gasteiger partial charge in [0.15, 0.2) is 5.78 Å². The summed E-state index contributed by atoms with van der Waals surface area (Å²) in [6.45, 7) is 14.4. The smallest absolute Gasteiger partial charge is 0.407 e. The number of allylic oxidation sites excluding steroid dienone is 4. The molecule has 30 heteroatoms. The summed E-state index contributed by atoms with van der Waals surface area (Å²) in [5, 5.41) is 58.0. The summed E-state index contributed by atoms with van der Waals surface area (Å²) >= 11 is 0. The molecule has 22 unspecified atom stereocenters. The summed E-state index contributed by atoms with van der Waals surface area (Å²) in [6.07, 6.45) is 28.8. The van der Waals surface area contributed by atoms with Crippen molar-refractivity contribution in [1.29, 1.82) is 0 Å². The number of hydrogen-bond acceptors (Lipinski definition) is 20. The first kappa shape index (κ1) is 95.4. The van der Waals surface area contributed by atoms with E-state index in [0.717, 1.165) is 64.5 Å². The highest BCUT2D eigenvalue weighted by Gasteiger charge is 2.60. The van der Waals surface area contributed by atoms with Crippen molar-refractivity contribution in [2.45, 2.75) is 274 Å². The molecule has 125 heavy (non-hydrogen) atoms. The van der Waals surface area contributed by atoms with Gasteiger partial charge in [-0.15, -0.1) is 0 Å². The molecule has 10 amide bonds. The molecule has 10 aliphatic rings. The van der Waals surface area contributed by atoms with Gasteiger partial charge in [-0.05, 0) is 180 Å². The van der Waals surface area contributed by atoms with Crippen LogP contribution in [0.1, 0.15) is 188 Å². The summed E-state index contributed by atoms with van der Waals surface area (Å²) in [5.41, 5.74) is 3.60. The molecule has 0 radical (unpaired) electrons. The van der Waals surface area contributed by atoms with Gasteiger partial charge in [-0.25, -0.2) is 4.79 Å². The number of fused-ring (bicyclic) bond motifs is 6. The minimum Gasteiger partial charge on any atom is -0.446 e. The van der Waals surface area contributed by atoms with Crippen LogP contribution in [0, 0.1) is 58.2 Å². The number of ether oxygens (including phenoxy) is 1. The lowest BCUT2D eigenvalue weighted by molar-refractivity contribution is -0.146. The number of amides is 10. The molecule has 0 aromatic heterocycles. The molecular weight excluding hydrogens is 1630 g/mol. The zero-order chi connectivity index (χ0) is 89.2. The Balaban J connectivity index is 0.769. The number of unbranched alkanes of at least 4 members (excludes halogenated alkanes) is 1. The predicted molar refractivity (Wildman–Crippen MR) is 482 cm³/mol. The summed E-state index contributed by atoms with van der Waals surface area (Å²) < 4.78 is 6.18. The highest BCUT2D eigenvalue weighted by Crippen LogP contribution is 2.67. The first-order valence-corrected chi connectivity index (χ1v) is 48.4. The predicted octanol–water partition coefficient (Wildman–Crippen LogP) is 7.76. The van der Waals surface area contributed by atoms with Crippen molar-refractivity contribution in [3.8, 4) is 0 Å². The van der Waals surface area contributed by atoms with Gasteiger partial charge in [0.05, 0.1) is 49.5 Å². The Hall–Kier alpha value is -8.68. The fourth-order valence-corrected chi connectivity index (χ4v) is 23.9. The SMILES string of the molecule is CC(C)CCCC(C)C1CCC2C3CC=C4C[C@@H](OC(=O)NCCCCC5NCC(=O)C(CC6C=NC7C=CC=CC67)NC(=O)C(Cc6ccccc6)NC(=O)C(NC(=O)C(Cc6ccccc6)NC(=O)C6CCCN6C(=O)C6CCCN6C(=O)C6=CN(C)C=CC6)CSSCC(C(=O)NC(CO)C(C)O)NC(=O)C(C(C)O)NC5=O)CCC4(C)C3CCC12C. The highest BCUT2D eigenvalue weighted by atomic mass is 33.1. The number of alkyl carbamates (subject to hydrolysis) is 1. The van der Waals surface area contributed by atoms with Crippen molar-refractivity contribution < 1.29 is 72.8 Å². The van der Waals surface area contributed by atoms with E-state index in [1.807, 2.05) is 43.6 Å². The number of ketones is 1. The lowest BCUT2D eigenvalue weighted by atomic mass is 9.47. The van der Waals surface area contributed by atoms with E-state index < -0.39 is 139 Å². The number of nitrogens with one attached hydrogen (secondary N) is 9. The highest BCUT2D eigenvalue weighted by molar-refractivity contribution is 8.76. The molecule has 23 atom stereocenters. The minimum atomic E-state index is -1.74. The van der Waals surface area contributed by atoms with Crippen LogP contribution in [0.5, 0.6) is 0 Å². The second-order valence-corrected chi connectivity index (χ2v) is 40.2. The van der Waals surface area contributed by atoms with Crippen LogP contribution in [-0.4, -0.2) is 237 Å². The maximum atomic E-state index is 15.6. The van der Waals surface area contributed by atoms with Gasteiger partial charge >= 0.3 is 6.09 Å². The molecule has 2 aromatic rings. The zero-order valence-corrected chi connectivity index (χ0v) is 75.7. The largest absolute Gasteiger partial charge is 0.446 e. The van der Waals surface area contributed by atoms with Gasteiger partial charge < -0.3 is 77.3 Å². The van der Waals surface area contributed by atoms with Gasteiger partial charge in [0.1, 0.15) is 48.4 Å². The van der Waals surface area contributed by atoms with E-state index in [1.165, 1.54) is 69.3 Å². The Kier molecular flexibility index (Phi) is 33.9. The number of hydrogen-bond donors (Lipinski definition) is 12. The summed E-state index contributed by atoms with van der Waals surface area (Å²) in [4.78, 5) is 173. The van der Waals surface area contributed by atoms with Crippen molar-refractivity contribution in [2.24, 2.45) is 63.2 Å². The number of carbonyl (C=O) groups excluding carboxylic acids is 11.